The van der Waals surface area contributed by atoms with E-state index in [1.807, 2.05) is 0 Å². The molecule has 1 saturated heterocycles. The molecule has 240 valence electrons. The van der Waals surface area contributed by atoms with Crippen LogP contribution in [0.2, 0.25) is 0 Å². The number of fused-ring (bicyclic) bond motifs is 1. The number of piperidine rings is 1. The highest BCUT2D eigenvalue weighted by Gasteiger charge is 2.43. The van der Waals surface area contributed by atoms with Crippen molar-refractivity contribution < 1.29 is 41.7 Å². The van der Waals surface area contributed by atoms with Crippen molar-refractivity contribution in [3.8, 4) is 17.0 Å². The summed E-state index contributed by atoms with van der Waals surface area (Å²) in [5.41, 5.74) is 12.1. The van der Waals surface area contributed by atoms with E-state index in [0.717, 1.165) is 19.2 Å². The molecule has 5 rings (SSSR count). The third kappa shape index (κ3) is 6.53. The van der Waals surface area contributed by atoms with E-state index < -0.39 is 47.9 Å². The second kappa shape index (κ2) is 12.7. The Kier molecular flexibility index (Phi) is 8.92. The molecule has 0 spiro atoms. The summed E-state index contributed by atoms with van der Waals surface area (Å²) < 4.78 is 73.4. The van der Waals surface area contributed by atoms with Crippen LogP contribution in [-0.4, -0.2) is 80.3 Å². The number of carbonyl (C=O) groups excluding carboxylic acids is 1. The predicted molar refractivity (Wildman–Crippen MR) is 152 cm³/mol. The fraction of sp³-hybridized carbons (Fsp3) is 0.393. The molecule has 4 aromatic rings. The molecule has 4 heterocycles. The first-order chi connectivity index (χ1) is 21.4. The molecule has 0 saturated carbocycles. The zero-order chi connectivity index (χ0) is 32.5. The molecule has 1 aromatic carbocycles. The number of methoxy groups -OCH3 is 1. The van der Waals surface area contributed by atoms with Gasteiger partial charge in [0, 0.05) is 31.6 Å². The number of pyridine rings is 1. The Labute approximate surface area is 253 Å². The minimum atomic E-state index is -3.04. The largest absolute Gasteiger partial charge is 0.511 e. The van der Waals surface area contributed by atoms with E-state index in [2.05, 4.69) is 24.7 Å². The number of rotatable bonds is 9. The number of nitrogens with two attached hydrogens (primary N) is 2. The second-order valence-corrected chi connectivity index (χ2v) is 10.6. The van der Waals surface area contributed by atoms with E-state index in [9.17, 15) is 18.7 Å². The summed E-state index contributed by atoms with van der Waals surface area (Å²) in [4.78, 5) is 29.8. The lowest BCUT2D eigenvalue weighted by molar-refractivity contribution is -0.0529. The van der Waals surface area contributed by atoms with Gasteiger partial charge < -0.3 is 40.3 Å². The van der Waals surface area contributed by atoms with Crippen LogP contribution >= 0.6 is 0 Å². The lowest BCUT2D eigenvalue weighted by Crippen LogP contribution is -2.63. The minimum Gasteiger partial charge on any atom is -0.452 e. The monoisotopic (exact) mass is 634 g/mol. The number of aliphatic hydroxyl groups excluding tert-OH is 1. The standard InChI is InChI=1S/C28H30F4N8O5/c1-14(45-27(42)43-2)44-21-8-17(29)16(7-18(21)30)19-6-15(10-40-13-38-22-25(33)36-12-37-26(22)40)20(9-35-19)39-5-3-4-28(34,11-39)23(41)24(31)32/h6-9,12-14,23-24,41H,3-5,10-11,34H2,1-2H3,(H2,33,36,37)/t14?,23-,28-/m1/s1. The SMILES string of the molecule is COC(=O)OC(C)Oc1cc(F)c(-c2cc(Cn3cnc4c(N)ncnc43)c(N3CCC[C@](N)([C@H](O)C(F)F)C3)cn2)cc1F. The summed E-state index contributed by atoms with van der Waals surface area (Å²) in [6.45, 7) is 1.66. The average Bonchev–Trinajstić information content (AvgIpc) is 3.42. The Hall–Kier alpha value is -4.77. The van der Waals surface area contributed by atoms with Crippen molar-refractivity contribution in [2.45, 2.75) is 50.7 Å². The van der Waals surface area contributed by atoms with E-state index in [0.29, 0.717) is 35.4 Å². The number of nitrogens with zero attached hydrogens (tertiary/aromatic N) is 6. The molecule has 3 atom stereocenters. The number of benzene rings is 1. The fourth-order valence-corrected chi connectivity index (χ4v) is 5.26. The maximum absolute atomic E-state index is 15.4. The van der Waals surface area contributed by atoms with Gasteiger partial charge in [-0.2, -0.15) is 0 Å². The van der Waals surface area contributed by atoms with Crippen molar-refractivity contribution >= 4 is 28.8 Å². The smallest absolute Gasteiger partial charge is 0.452 e. The number of imidazole rings is 1. The summed E-state index contributed by atoms with van der Waals surface area (Å²) in [5, 5.41) is 10.2. The van der Waals surface area contributed by atoms with Crippen LogP contribution < -0.4 is 21.1 Å². The first kappa shape index (κ1) is 31.6. The van der Waals surface area contributed by atoms with Gasteiger partial charge in [0.15, 0.2) is 23.0 Å². The highest BCUT2D eigenvalue weighted by molar-refractivity contribution is 5.81. The Bertz CT molecular complexity index is 1710. The van der Waals surface area contributed by atoms with Crippen LogP contribution in [0.1, 0.15) is 25.3 Å². The summed E-state index contributed by atoms with van der Waals surface area (Å²) in [7, 11) is 1.08. The van der Waals surface area contributed by atoms with Crippen molar-refractivity contribution in [3.05, 3.63) is 54.2 Å². The predicted octanol–water partition coefficient (Wildman–Crippen LogP) is 3.23. The van der Waals surface area contributed by atoms with E-state index in [1.165, 1.54) is 31.8 Å². The Morgan fingerprint density at radius 2 is 1.93 bits per heavy atom. The Balaban J connectivity index is 1.53. The van der Waals surface area contributed by atoms with Crippen LogP contribution in [0.3, 0.4) is 0 Å². The van der Waals surface area contributed by atoms with Crippen molar-refractivity contribution in [1.29, 1.82) is 0 Å². The zero-order valence-corrected chi connectivity index (χ0v) is 24.2. The van der Waals surface area contributed by atoms with Gasteiger partial charge in [-0.05, 0) is 30.5 Å². The molecule has 1 fully saturated rings. The van der Waals surface area contributed by atoms with E-state index >= 15 is 8.78 Å². The Morgan fingerprint density at radius 1 is 1.16 bits per heavy atom. The summed E-state index contributed by atoms with van der Waals surface area (Å²) in [5.74, 6) is -2.21. The van der Waals surface area contributed by atoms with Gasteiger partial charge >= 0.3 is 6.16 Å². The molecular formula is C28H30F4N8O5. The van der Waals surface area contributed by atoms with Gasteiger partial charge in [0.2, 0.25) is 6.29 Å². The number of carbonyl (C=O) groups is 1. The molecule has 45 heavy (non-hydrogen) atoms. The number of aromatic nitrogens is 5. The number of nitrogen functional groups attached to an aromatic ring is 1. The van der Waals surface area contributed by atoms with Crippen LogP contribution in [0.15, 0.2) is 37.1 Å². The first-order valence-electron chi connectivity index (χ1n) is 13.7. The van der Waals surface area contributed by atoms with E-state index in [-0.39, 0.29) is 36.6 Å². The molecule has 0 bridgehead atoms. The highest BCUT2D eigenvalue weighted by atomic mass is 19.3. The third-order valence-electron chi connectivity index (χ3n) is 7.48. The second-order valence-electron chi connectivity index (χ2n) is 10.6. The quantitative estimate of drug-likeness (QED) is 0.139. The van der Waals surface area contributed by atoms with Crippen LogP contribution in [0.4, 0.5) is 33.9 Å². The number of hydrogen-bond acceptors (Lipinski definition) is 12. The van der Waals surface area contributed by atoms with Crippen LogP contribution in [0.5, 0.6) is 5.75 Å². The molecule has 13 nitrogen and oxygen atoms in total. The van der Waals surface area contributed by atoms with Gasteiger partial charge in [0.05, 0.1) is 43.1 Å². The molecule has 0 radical (unpaired) electrons. The maximum atomic E-state index is 15.4. The van der Waals surface area contributed by atoms with Crippen LogP contribution in [-0.2, 0) is 16.0 Å². The van der Waals surface area contributed by atoms with E-state index in [4.69, 9.17) is 20.9 Å². The molecule has 1 unspecified atom stereocenters. The molecular weight excluding hydrogens is 604 g/mol. The number of ether oxygens (including phenoxy) is 3. The highest BCUT2D eigenvalue weighted by Crippen LogP contribution is 2.35. The van der Waals surface area contributed by atoms with Gasteiger partial charge in [-0.15, -0.1) is 0 Å². The number of anilines is 2. The van der Waals surface area contributed by atoms with Gasteiger partial charge in [-0.25, -0.2) is 37.3 Å². The van der Waals surface area contributed by atoms with E-state index in [1.54, 1.807) is 9.47 Å². The van der Waals surface area contributed by atoms with Crippen molar-refractivity contribution in [2.24, 2.45) is 5.73 Å². The maximum Gasteiger partial charge on any atom is 0.511 e. The van der Waals surface area contributed by atoms with Crippen LogP contribution in [0.25, 0.3) is 22.4 Å². The summed E-state index contributed by atoms with van der Waals surface area (Å²) >= 11 is 0. The molecule has 1 aliphatic rings. The number of hydrogen-bond donors (Lipinski definition) is 3. The Morgan fingerprint density at radius 3 is 2.67 bits per heavy atom. The van der Waals surface area contributed by atoms with Gasteiger partial charge in [0.25, 0.3) is 6.43 Å². The third-order valence-corrected chi connectivity index (χ3v) is 7.48. The fourth-order valence-electron chi connectivity index (χ4n) is 5.26. The van der Waals surface area contributed by atoms with Crippen molar-refractivity contribution in [3.63, 3.8) is 0 Å². The first-order valence-corrected chi connectivity index (χ1v) is 13.7. The summed E-state index contributed by atoms with van der Waals surface area (Å²) in [6, 6.07) is 3.19. The topological polar surface area (TPSA) is 177 Å². The number of halogens is 4. The minimum absolute atomic E-state index is 0.0396. The lowest BCUT2D eigenvalue weighted by Gasteiger charge is -2.44. The molecule has 0 amide bonds. The molecule has 3 aromatic heterocycles. The van der Waals surface area contributed by atoms with Gasteiger partial charge in [-0.3, -0.25) is 4.98 Å². The molecule has 0 aliphatic carbocycles. The molecule has 5 N–H and O–H groups in total. The van der Waals surface area contributed by atoms with Crippen LogP contribution in [0, 0.1) is 11.6 Å². The summed E-state index contributed by atoms with van der Waals surface area (Å²) in [6.07, 6.45) is -2.74. The zero-order valence-electron chi connectivity index (χ0n) is 24.2. The normalized spacial score (nSPS) is 18.2. The van der Waals surface area contributed by atoms with Gasteiger partial charge in [-0.1, -0.05) is 0 Å². The van der Waals surface area contributed by atoms with Crippen molar-refractivity contribution in [2.75, 3.05) is 30.8 Å². The van der Waals surface area contributed by atoms with Crippen molar-refractivity contribution in [1.82, 2.24) is 24.5 Å². The van der Waals surface area contributed by atoms with Gasteiger partial charge in [0.1, 0.15) is 23.8 Å². The lowest BCUT2D eigenvalue weighted by atomic mass is 9.84. The molecule has 1 aliphatic heterocycles. The number of alkyl halides is 2. The average molecular weight is 635 g/mol. The molecule has 17 heteroatoms. The number of aliphatic hydroxyl groups is 1.